The van der Waals surface area contributed by atoms with Crippen LogP contribution in [0.2, 0.25) is 0 Å². The summed E-state index contributed by atoms with van der Waals surface area (Å²) in [4.78, 5) is 11.9. The largest absolute Gasteiger partial charge is 0.394 e. The molecule has 0 saturated carbocycles. The molecule has 0 aliphatic rings. The first kappa shape index (κ1) is 19.3. The maximum Gasteiger partial charge on any atom is 0.225 e. The fourth-order valence-corrected chi connectivity index (χ4v) is 1.86. The quantitative estimate of drug-likeness (QED) is 0.302. The highest BCUT2D eigenvalue weighted by Gasteiger charge is 2.32. The molecule has 7 nitrogen and oxygen atoms in total. The molecule has 0 aromatic rings. The number of carbonyl (C=O) groups is 1. The Morgan fingerprint density at radius 3 is 2.05 bits per heavy atom. The zero-order chi connectivity index (χ0) is 15.9. The van der Waals surface area contributed by atoms with E-state index in [0.29, 0.717) is 6.42 Å². The molecule has 0 bridgehead atoms. The van der Waals surface area contributed by atoms with Gasteiger partial charge in [-0.1, -0.05) is 27.2 Å². The molecule has 1 amide bonds. The van der Waals surface area contributed by atoms with Crippen molar-refractivity contribution in [1.29, 1.82) is 0 Å². The molecule has 0 aromatic heterocycles. The molecule has 20 heavy (non-hydrogen) atoms. The number of aliphatic hydroxyl groups is 5. The molecule has 0 aliphatic heterocycles. The zero-order valence-electron chi connectivity index (χ0n) is 12.3. The second-order valence-corrected chi connectivity index (χ2v) is 5.64. The highest BCUT2D eigenvalue weighted by atomic mass is 16.4. The van der Waals surface area contributed by atoms with Crippen LogP contribution in [0.1, 0.15) is 33.6 Å². The van der Waals surface area contributed by atoms with Crippen molar-refractivity contribution in [1.82, 2.24) is 5.32 Å². The van der Waals surface area contributed by atoms with Gasteiger partial charge in [0.15, 0.2) is 0 Å². The Bertz CT molecular complexity index is 297. The number of carbonyl (C=O) groups excluding carboxylic acids is 1. The zero-order valence-corrected chi connectivity index (χ0v) is 12.3. The fraction of sp³-hybridized carbons (Fsp3) is 0.923. The Morgan fingerprint density at radius 1 is 1.10 bits per heavy atom. The Kier molecular flexibility index (Phi) is 8.22. The van der Waals surface area contributed by atoms with Crippen molar-refractivity contribution in [2.75, 3.05) is 13.2 Å². The Hall–Kier alpha value is -0.730. The van der Waals surface area contributed by atoms with E-state index in [2.05, 4.69) is 5.32 Å². The molecule has 0 aromatic carbocycles. The van der Waals surface area contributed by atoms with Crippen LogP contribution in [-0.4, -0.2) is 69.0 Å². The molecule has 0 unspecified atom stereocenters. The van der Waals surface area contributed by atoms with E-state index in [-0.39, 0.29) is 12.5 Å². The van der Waals surface area contributed by atoms with E-state index < -0.39 is 36.4 Å². The van der Waals surface area contributed by atoms with E-state index in [4.69, 9.17) is 10.2 Å². The lowest BCUT2D eigenvalue weighted by Gasteiger charge is -2.28. The number of amides is 1. The summed E-state index contributed by atoms with van der Waals surface area (Å²) >= 11 is 0. The van der Waals surface area contributed by atoms with Crippen molar-refractivity contribution >= 4 is 5.91 Å². The maximum absolute atomic E-state index is 11.9. The third-order valence-electron chi connectivity index (χ3n) is 3.29. The molecule has 7 heteroatoms. The van der Waals surface area contributed by atoms with Crippen LogP contribution >= 0.6 is 0 Å². The van der Waals surface area contributed by atoms with E-state index in [1.807, 2.05) is 6.92 Å². The number of aliphatic hydroxyl groups excluding tert-OH is 5. The summed E-state index contributed by atoms with van der Waals surface area (Å²) in [5.41, 5.74) is -0.581. The van der Waals surface area contributed by atoms with Gasteiger partial charge in [-0.25, -0.2) is 0 Å². The summed E-state index contributed by atoms with van der Waals surface area (Å²) in [5.74, 6) is -0.261. The molecule has 6 N–H and O–H groups in total. The van der Waals surface area contributed by atoms with Gasteiger partial charge in [0.25, 0.3) is 0 Å². The molecule has 0 aliphatic carbocycles. The Morgan fingerprint density at radius 2 is 1.60 bits per heavy atom. The van der Waals surface area contributed by atoms with E-state index >= 15 is 0 Å². The van der Waals surface area contributed by atoms with Gasteiger partial charge < -0.3 is 30.8 Å². The van der Waals surface area contributed by atoms with Gasteiger partial charge in [-0.2, -0.15) is 0 Å². The lowest BCUT2D eigenvalue weighted by molar-refractivity contribution is -0.133. The summed E-state index contributed by atoms with van der Waals surface area (Å²) in [6, 6.07) is 0. The number of hydrogen-bond donors (Lipinski definition) is 6. The van der Waals surface area contributed by atoms with Gasteiger partial charge in [0.1, 0.15) is 18.3 Å². The second-order valence-electron chi connectivity index (χ2n) is 5.64. The average Bonchev–Trinajstić information content (AvgIpc) is 2.41. The van der Waals surface area contributed by atoms with Crippen molar-refractivity contribution in [3.63, 3.8) is 0 Å². The maximum atomic E-state index is 11.9. The van der Waals surface area contributed by atoms with Gasteiger partial charge in [0, 0.05) is 12.0 Å². The molecule has 0 radical (unpaired) electrons. The minimum Gasteiger partial charge on any atom is -0.394 e. The average molecular weight is 293 g/mol. The van der Waals surface area contributed by atoms with Crippen LogP contribution in [0, 0.1) is 5.41 Å². The van der Waals surface area contributed by atoms with Crippen LogP contribution in [0.4, 0.5) is 0 Å². The van der Waals surface area contributed by atoms with Gasteiger partial charge in [-0.15, -0.1) is 0 Å². The monoisotopic (exact) mass is 293 g/mol. The van der Waals surface area contributed by atoms with E-state index in [1.54, 1.807) is 13.8 Å². The van der Waals surface area contributed by atoms with Gasteiger partial charge in [-0.05, 0) is 6.42 Å². The number of nitrogens with one attached hydrogen (secondary N) is 1. The first-order chi connectivity index (χ1) is 9.17. The molecule has 0 rings (SSSR count). The topological polar surface area (TPSA) is 130 Å². The molecule has 0 spiro atoms. The highest BCUT2D eigenvalue weighted by molar-refractivity contribution is 5.81. The molecular formula is C13H27NO6. The third-order valence-corrected chi connectivity index (χ3v) is 3.29. The summed E-state index contributed by atoms with van der Waals surface area (Å²) in [6.45, 7) is 4.53. The first-order valence-electron chi connectivity index (χ1n) is 6.78. The molecular weight excluding hydrogens is 266 g/mol. The molecule has 4 atom stereocenters. The van der Waals surface area contributed by atoms with Gasteiger partial charge in [-0.3, -0.25) is 4.79 Å². The number of hydrogen-bond acceptors (Lipinski definition) is 6. The summed E-state index contributed by atoms with van der Waals surface area (Å²) in [6.07, 6.45) is -4.81. The van der Waals surface area contributed by atoms with Crippen molar-refractivity contribution in [2.45, 2.75) is 58.0 Å². The minimum atomic E-state index is -1.68. The fourth-order valence-electron chi connectivity index (χ4n) is 1.86. The third kappa shape index (κ3) is 5.72. The first-order valence-corrected chi connectivity index (χ1v) is 6.78. The SMILES string of the molecule is CCCC(C)(C)C(=O)NC[C@H](O)[C@@H](O)[C@H](O)[C@H](O)CO. The van der Waals surface area contributed by atoms with E-state index in [9.17, 15) is 20.1 Å². The highest BCUT2D eigenvalue weighted by Crippen LogP contribution is 2.22. The second kappa shape index (κ2) is 8.53. The molecule has 0 fully saturated rings. The Balaban J connectivity index is 4.34. The van der Waals surface area contributed by atoms with Crippen LogP contribution in [0.25, 0.3) is 0 Å². The van der Waals surface area contributed by atoms with Crippen molar-refractivity contribution in [2.24, 2.45) is 5.41 Å². The van der Waals surface area contributed by atoms with Crippen LogP contribution in [0.5, 0.6) is 0 Å². The standard InChI is InChI=1S/C13H27NO6/c1-4-5-13(2,3)12(20)14-6-8(16)10(18)11(19)9(17)7-15/h8-11,15-19H,4-7H2,1-3H3,(H,14,20)/t8-,9+,10+,11+/m0/s1. The molecule has 120 valence electrons. The summed E-state index contributed by atoms with van der Waals surface area (Å²) < 4.78 is 0. The lowest BCUT2D eigenvalue weighted by Crippen LogP contribution is -2.50. The van der Waals surface area contributed by atoms with Crippen LogP contribution in [0.15, 0.2) is 0 Å². The summed E-state index contributed by atoms with van der Waals surface area (Å²) in [7, 11) is 0. The lowest BCUT2D eigenvalue weighted by atomic mass is 9.87. The van der Waals surface area contributed by atoms with Gasteiger partial charge >= 0.3 is 0 Å². The van der Waals surface area contributed by atoms with Gasteiger partial charge in [0.2, 0.25) is 5.91 Å². The normalized spacial score (nSPS) is 18.2. The van der Waals surface area contributed by atoms with Crippen molar-refractivity contribution < 1.29 is 30.3 Å². The minimum absolute atomic E-state index is 0.248. The molecule has 0 heterocycles. The number of rotatable bonds is 9. The van der Waals surface area contributed by atoms with E-state index in [1.165, 1.54) is 0 Å². The van der Waals surface area contributed by atoms with Gasteiger partial charge in [0.05, 0.1) is 12.7 Å². The Labute approximate surface area is 119 Å². The predicted molar refractivity (Wildman–Crippen MR) is 72.8 cm³/mol. The smallest absolute Gasteiger partial charge is 0.225 e. The van der Waals surface area contributed by atoms with Crippen molar-refractivity contribution in [3.8, 4) is 0 Å². The summed E-state index contributed by atoms with van der Waals surface area (Å²) in [5, 5.41) is 49.0. The van der Waals surface area contributed by atoms with E-state index in [0.717, 1.165) is 6.42 Å². The predicted octanol–water partition coefficient (Wildman–Crippen LogP) is -1.64. The van der Waals surface area contributed by atoms with Crippen LogP contribution in [0.3, 0.4) is 0 Å². The van der Waals surface area contributed by atoms with Crippen LogP contribution < -0.4 is 5.32 Å². The van der Waals surface area contributed by atoms with Crippen molar-refractivity contribution in [3.05, 3.63) is 0 Å². The molecule has 0 saturated heterocycles. The van der Waals surface area contributed by atoms with Crippen LogP contribution in [-0.2, 0) is 4.79 Å².